The van der Waals surface area contributed by atoms with Crippen LogP contribution in [0.4, 0.5) is 5.69 Å². The molecule has 0 saturated carbocycles. The standard InChI is InChI=1S/C17H24N2/c1-2-19-16(10-13-18-11-6-3-7-12-18)14-15-8-4-5-9-17(15)19/h4-5,8-10,13,16H,2-3,6-7,11-12,14H2,1H3/b13-10+. The van der Waals surface area contributed by atoms with Gasteiger partial charge in [0.25, 0.3) is 0 Å². The highest BCUT2D eigenvalue weighted by atomic mass is 15.2. The topological polar surface area (TPSA) is 6.48 Å². The zero-order valence-corrected chi connectivity index (χ0v) is 11.9. The minimum absolute atomic E-state index is 0.546. The van der Waals surface area contributed by atoms with Gasteiger partial charge in [0.05, 0.1) is 6.04 Å². The molecular weight excluding hydrogens is 232 g/mol. The summed E-state index contributed by atoms with van der Waals surface area (Å²) in [5, 5.41) is 0. The Kier molecular flexibility index (Phi) is 3.77. The van der Waals surface area contributed by atoms with E-state index in [4.69, 9.17) is 0 Å². The smallest absolute Gasteiger partial charge is 0.0531 e. The number of fused-ring (bicyclic) bond motifs is 1. The van der Waals surface area contributed by atoms with Gasteiger partial charge in [-0.2, -0.15) is 0 Å². The van der Waals surface area contributed by atoms with Crippen LogP contribution in [0.15, 0.2) is 36.5 Å². The van der Waals surface area contributed by atoms with E-state index >= 15 is 0 Å². The molecule has 1 aromatic carbocycles. The Balaban J connectivity index is 1.70. The van der Waals surface area contributed by atoms with Crippen molar-refractivity contribution in [3.63, 3.8) is 0 Å². The first kappa shape index (κ1) is 12.6. The lowest BCUT2D eigenvalue weighted by Gasteiger charge is -2.27. The highest BCUT2D eigenvalue weighted by Crippen LogP contribution is 2.32. The van der Waals surface area contributed by atoms with E-state index in [2.05, 4.69) is 53.3 Å². The van der Waals surface area contributed by atoms with Crippen molar-refractivity contribution < 1.29 is 0 Å². The maximum Gasteiger partial charge on any atom is 0.0531 e. The average Bonchev–Trinajstić information content (AvgIpc) is 2.83. The van der Waals surface area contributed by atoms with Crippen molar-refractivity contribution in [2.24, 2.45) is 0 Å². The molecule has 1 unspecified atom stereocenters. The van der Waals surface area contributed by atoms with Gasteiger partial charge in [-0.05, 0) is 56.5 Å². The average molecular weight is 256 g/mol. The molecule has 3 rings (SSSR count). The number of likely N-dealkylation sites (tertiary alicyclic amines) is 1. The molecule has 0 amide bonds. The summed E-state index contributed by atoms with van der Waals surface area (Å²) in [6.07, 6.45) is 10.0. The SMILES string of the molecule is CCN1c2ccccc2CC1/C=C/N1CCCCC1. The summed E-state index contributed by atoms with van der Waals surface area (Å²) in [6.45, 7) is 5.82. The second kappa shape index (κ2) is 5.68. The van der Waals surface area contributed by atoms with Gasteiger partial charge in [0.1, 0.15) is 0 Å². The van der Waals surface area contributed by atoms with Crippen molar-refractivity contribution in [3.05, 3.63) is 42.1 Å². The third kappa shape index (κ3) is 2.63. The van der Waals surface area contributed by atoms with Crippen molar-refractivity contribution >= 4 is 5.69 Å². The van der Waals surface area contributed by atoms with Gasteiger partial charge in [-0.1, -0.05) is 18.2 Å². The summed E-state index contributed by atoms with van der Waals surface area (Å²) >= 11 is 0. The molecule has 2 heteroatoms. The maximum absolute atomic E-state index is 2.52. The molecule has 0 radical (unpaired) electrons. The first-order valence-corrected chi connectivity index (χ1v) is 7.65. The van der Waals surface area contributed by atoms with E-state index in [9.17, 15) is 0 Å². The molecule has 19 heavy (non-hydrogen) atoms. The Hall–Kier alpha value is -1.44. The Labute approximate surface area is 116 Å². The zero-order valence-electron chi connectivity index (χ0n) is 11.9. The molecule has 2 nitrogen and oxygen atoms in total. The zero-order chi connectivity index (χ0) is 13.1. The molecule has 1 saturated heterocycles. The molecular formula is C17H24N2. The lowest BCUT2D eigenvalue weighted by atomic mass is 10.1. The van der Waals surface area contributed by atoms with Crippen LogP contribution in [0.2, 0.25) is 0 Å². The molecule has 0 aliphatic carbocycles. The van der Waals surface area contributed by atoms with Gasteiger partial charge in [0.2, 0.25) is 0 Å². The van der Waals surface area contributed by atoms with Crippen molar-refractivity contribution in [1.29, 1.82) is 0 Å². The lowest BCUT2D eigenvalue weighted by Crippen LogP contribution is -2.31. The number of rotatable bonds is 3. The predicted octanol–water partition coefficient (Wildman–Crippen LogP) is 3.44. The first-order chi connectivity index (χ1) is 9.38. The van der Waals surface area contributed by atoms with Crippen LogP contribution in [0.5, 0.6) is 0 Å². The summed E-state index contributed by atoms with van der Waals surface area (Å²) in [5.41, 5.74) is 2.93. The molecule has 102 valence electrons. The summed E-state index contributed by atoms with van der Waals surface area (Å²) in [6, 6.07) is 9.38. The third-order valence-corrected chi connectivity index (χ3v) is 4.38. The van der Waals surface area contributed by atoms with Crippen LogP contribution in [-0.2, 0) is 6.42 Å². The summed E-state index contributed by atoms with van der Waals surface area (Å²) in [7, 11) is 0. The fourth-order valence-electron chi connectivity index (χ4n) is 3.34. The monoisotopic (exact) mass is 256 g/mol. The minimum Gasteiger partial charge on any atom is -0.378 e. The second-order valence-electron chi connectivity index (χ2n) is 5.62. The number of likely N-dealkylation sites (N-methyl/N-ethyl adjacent to an activating group) is 1. The molecule has 1 fully saturated rings. The van der Waals surface area contributed by atoms with E-state index < -0.39 is 0 Å². The number of piperidine rings is 1. The van der Waals surface area contributed by atoms with Crippen molar-refractivity contribution in [2.45, 2.75) is 38.6 Å². The van der Waals surface area contributed by atoms with Crippen LogP contribution in [-0.4, -0.2) is 30.6 Å². The Morgan fingerprint density at radius 1 is 1.16 bits per heavy atom. The van der Waals surface area contributed by atoms with E-state index in [0.717, 1.165) is 13.0 Å². The first-order valence-electron chi connectivity index (χ1n) is 7.65. The Morgan fingerprint density at radius 3 is 2.74 bits per heavy atom. The molecule has 0 bridgehead atoms. The number of hydrogen-bond donors (Lipinski definition) is 0. The number of benzene rings is 1. The van der Waals surface area contributed by atoms with Gasteiger partial charge in [-0.15, -0.1) is 0 Å². The molecule has 2 heterocycles. The number of anilines is 1. The van der Waals surface area contributed by atoms with Gasteiger partial charge in [0.15, 0.2) is 0 Å². The fraction of sp³-hybridized carbons (Fsp3) is 0.529. The number of nitrogens with zero attached hydrogens (tertiary/aromatic N) is 2. The third-order valence-electron chi connectivity index (χ3n) is 4.38. The highest BCUT2D eigenvalue weighted by molar-refractivity contribution is 5.60. The predicted molar refractivity (Wildman–Crippen MR) is 81.5 cm³/mol. The van der Waals surface area contributed by atoms with Crippen LogP contribution in [0.1, 0.15) is 31.7 Å². The van der Waals surface area contributed by atoms with Gasteiger partial charge >= 0.3 is 0 Å². The van der Waals surface area contributed by atoms with E-state index in [0.29, 0.717) is 6.04 Å². The normalized spacial score (nSPS) is 23.1. The fourth-order valence-corrected chi connectivity index (χ4v) is 3.34. The van der Waals surface area contributed by atoms with E-state index in [1.165, 1.54) is 43.6 Å². The molecule has 2 aliphatic heterocycles. The van der Waals surface area contributed by atoms with E-state index in [-0.39, 0.29) is 0 Å². The summed E-state index contributed by atoms with van der Waals surface area (Å²) in [5.74, 6) is 0. The summed E-state index contributed by atoms with van der Waals surface area (Å²) in [4.78, 5) is 5.01. The van der Waals surface area contributed by atoms with Crippen molar-refractivity contribution in [1.82, 2.24) is 4.90 Å². The molecule has 0 spiro atoms. The summed E-state index contributed by atoms with van der Waals surface area (Å²) < 4.78 is 0. The van der Waals surface area contributed by atoms with Crippen molar-refractivity contribution in [3.8, 4) is 0 Å². The molecule has 1 aromatic rings. The molecule has 2 aliphatic rings. The number of hydrogen-bond acceptors (Lipinski definition) is 2. The van der Waals surface area contributed by atoms with Gasteiger partial charge in [-0.25, -0.2) is 0 Å². The van der Waals surface area contributed by atoms with Gasteiger partial charge < -0.3 is 9.80 Å². The van der Waals surface area contributed by atoms with E-state index in [1.54, 1.807) is 0 Å². The van der Waals surface area contributed by atoms with Crippen LogP contribution in [0, 0.1) is 0 Å². The highest BCUT2D eigenvalue weighted by Gasteiger charge is 2.25. The van der Waals surface area contributed by atoms with Gasteiger partial charge in [-0.3, -0.25) is 0 Å². The number of para-hydroxylation sites is 1. The molecule has 0 aromatic heterocycles. The minimum atomic E-state index is 0.546. The van der Waals surface area contributed by atoms with Crippen LogP contribution in [0.25, 0.3) is 0 Å². The molecule has 1 atom stereocenters. The van der Waals surface area contributed by atoms with Gasteiger partial charge in [0, 0.05) is 25.3 Å². The Morgan fingerprint density at radius 2 is 1.95 bits per heavy atom. The van der Waals surface area contributed by atoms with Crippen LogP contribution < -0.4 is 4.90 Å². The van der Waals surface area contributed by atoms with Crippen LogP contribution >= 0.6 is 0 Å². The second-order valence-corrected chi connectivity index (χ2v) is 5.62. The van der Waals surface area contributed by atoms with Crippen LogP contribution in [0.3, 0.4) is 0 Å². The largest absolute Gasteiger partial charge is 0.378 e. The van der Waals surface area contributed by atoms with E-state index in [1.807, 2.05) is 0 Å². The molecule has 0 N–H and O–H groups in total. The van der Waals surface area contributed by atoms with Crippen molar-refractivity contribution in [2.75, 3.05) is 24.5 Å². The maximum atomic E-state index is 2.52. The Bertz CT molecular complexity index is 446. The quantitative estimate of drug-likeness (QED) is 0.817. The lowest BCUT2D eigenvalue weighted by molar-refractivity contribution is 0.308.